The lowest BCUT2D eigenvalue weighted by Gasteiger charge is -2.15. The summed E-state index contributed by atoms with van der Waals surface area (Å²) in [4.78, 5) is 24.3. The Kier molecular flexibility index (Phi) is 7.49. The van der Waals surface area contributed by atoms with Crippen LogP contribution in [0, 0.1) is 6.92 Å². The first-order valence-corrected chi connectivity index (χ1v) is 13.1. The molecule has 0 unspecified atom stereocenters. The van der Waals surface area contributed by atoms with Crippen LogP contribution >= 0.6 is 0 Å². The average Bonchev–Trinajstić information content (AvgIpc) is 2.77. The van der Waals surface area contributed by atoms with Crippen molar-refractivity contribution < 1.29 is 35.8 Å². The van der Waals surface area contributed by atoms with Gasteiger partial charge in [0.25, 0.3) is 31.7 Å². The lowest BCUT2D eigenvalue weighted by Crippen LogP contribution is -2.26. The molecule has 0 saturated carbocycles. The van der Waals surface area contributed by atoms with Gasteiger partial charge in [0.15, 0.2) is 5.69 Å². The van der Waals surface area contributed by atoms with Gasteiger partial charge >= 0.3 is 0 Å². The predicted octanol–water partition coefficient (Wildman–Crippen LogP) is 1.69. The van der Waals surface area contributed by atoms with Gasteiger partial charge in [-0.1, -0.05) is 12.1 Å². The van der Waals surface area contributed by atoms with Gasteiger partial charge in [-0.2, -0.15) is 21.9 Å². The molecule has 0 spiro atoms. The van der Waals surface area contributed by atoms with Gasteiger partial charge in [0, 0.05) is 12.1 Å². The fraction of sp³-hybridized carbons (Fsp3) is 0.143. The van der Waals surface area contributed by atoms with E-state index in [1.54, 1.807) is 0 Å². The van der Waals surface area contributed by atoms with Gasteiger partial charge in [-0.25, -0.2) is 0 Å². The number of rotatable bonds is 8. The van der Waals surface area contributed by atoms with Crippen LogP contribution in [0.5, 0.6) is 5.88 Å². The monoisotopic (exact) mass is 551 g/mol. The van der Waals surface area contributed by atoms with Gasteiger partial charge in [0.2, 0.25) is 5.88 Å². The molecule has 3 aromatic rings. The summed E-state index contributed by atoms with van der Waals surface area (Å²) in [5.41, 5.74) is 9.63. The van der Waals surface area contributed by atoms with Crippen LogP contribution in [0.2, 0.25) is 0 Å². The zero-order chi connectivity index (χ0) is 27.7. The smallest absolute Gasteiger partial charge is 0.296 e. The second-order valence-corrected chi connectivity index (χ2v) is 10.6. The molecule has 0 aliphatic rings. The molecule has 16 heteroatoms. The number of primary amides is 1. The Hall–Kier alpha value is -4.12. The van der Waals surface area contributed by atoms with Crippen LogP contribution in [-0.4, -0.2) is 41.5 Å². The molecular formula is C21H21N5O9S2. The fourth-order valence-electron chi connectivity index (χ4n) is 3.44. The van der Waals surface area contributed by atoms with Gasteiger partial charge < -0.3 is 16.6 Å². The summed E-state index contributed by atoms with van der Waals surface area (Å²) in [6.07, 6.45) is 0.102. The summed E-state index contributed by atoms with van der Waals surface area (Å²) < 4.78 is 64.1. The Morgan fingerprint density at radius 2 is 1.62 bits per heavy atom. The number of pyridine rings is 1. The van der Waals surface area contributed by atoms with E-state index in [1.807, 2.05) is 0 Å². The number of carbonyl (C=O) groups is 1. The fourth-order valence-corrected chi connectivity index (χ4v) is 4.51. The van der Waals surface area contributed by atoms with Crippen LogP contribution in [0.15, 0.2) is 67.3 Å². The number of aromatic nitrogens is 1. The predicted molar refractivity (Wildman–Crippen MR) is 130 cm³/mol. The number of benzene rings is 2. The minimum Gasteiger partial charge on any atom is -0.494 e. The molecule has 2 aromatic carbocycles. The maximum Gasteiger partial charge on any atom is 0.296 e. The molecule has 0 atom stereocenters. The van der Waals surface area contributed by atoms with E-state index in [2.05, 4.69) is 10.2 Å². The molecule has 0 bridgehead atoms. The second kappa shape index (κ2) is 10.1. The number of nitrogen functional groups attached to an aromatic ring is 1. The van der Waals surface area contributed by atoms with Crippen LogP contribution in [0.4, 0.5) is 17.1 Å². The minimum atomic E-state index is -4.57. The van der Waals surface area contributed by atoms with E-state index in [1.165, 1.54) is 25.1 Å². The van der Waals surface area contributed by atoms with E-state index in [9.17, 15) is 31.5 Å². The molecule has 0 saturated heterocycles. The topological polar surface area (TPSA) is 245 Å². The molecule has 0 aliphatic heterocycles. The van der Waals surface area contributed by atoms with E-state index >= 15 is 0 Å². The van der Waals surface area contributed by atoms with Crippen molar-refractivity contribution in [2.45, 2.75) is 29.7 Å². The maximum atomic E-state index is 13.1. The Bertz CT molecular complexity index is 1700. The molecule has 0 aliphatic carbocycles. The first kappa shape index (κ1) is 27.5. The van der Waals surface area contributed by atoms with Crippen LogP contribution in [0.3, 0.4) is 0 Å². The van der Waals surface area contributed by atoms with Gasteiger partial charge in [0.1, 0.15) is 10.5 Å². The molecule has 1 heterocycles. The molecule has 3 rings (SSSR count). The number of carbonyl (C=O) groups excluding carboxylic acids is 1. The SMILES string of the molecule is Cc1c(C(N)=O)c(O)n(CCc2ccc(S(=O)(=O)O)cc2)c(=O)c1N=Nc1ccc(S(=O)(=O)O)c(N)c1. The zero-order valence-electron chi connectivity index (χ0n) is 19.1. The van der Waals surface area contributed by atoms with Crippen LogP contribution in [0.1, 0.15) is 21.5 Å². The number of hydrogen-bond acceptors (Lipinski definition) is 10. The highest BCUT2D eigenvalue weighted by molar-refractivity contribution is 7.86. The van der Waals surface area contributed by atoms with Crippen molar-refractivity contribution in [1.82, 2.24) is 4.57 Å². The largest absolute Gasteiger partial charge is 0.494 e. The molecular weight excluding hydrogens is 530 g/mol. The van der Waals surface area contributed by atoms with E-state index < -0.39 is 42.5 Å². The number of hydrogen-bond donors (Lipinski definition) is 5. The molecule has 7 N–H and O–H groups in total. The summed E-state index contributed by atoms with van der Waals surface area (Å²) in [6, 6.07) is 8.37. The zero-order valence-corrected chi connectivity index (χ0v) is 20.7. The van der Waals surface area contributed by atoms with Crippen molar-refractivity contribution in [1.29, 1.82) is 0 Å². The number of nitrogens with two attached hydrogens (primary N) is 2. The standard InChI is InChI=1S/C21H21N5O9S2/c1-11-17(19(23)27)20(28)26(9-8-12-2-5-14(6-3-12)36(30,31)32)21(29)18(11)25-24-13-4-7-16(15(22)10-13)37(33,34)35/h2-7,10,28H,8-9,22H2,1H3,(H2,23,27)(H,30,31,32)(H,33,34,35). The van der Waals surface area contributed by atoms with E-state index in [4.69, 9.17) is 20.6 Å². The second-order valence-electron chi connectivity index (χ2n) is 7.76. The number of amides is 1. The molecule has 14 nitrogen and oxygen atoms in total. The van der Waals surface area contributed by atoms with E-state index in [0.29, 0.717) is 5.56 Å². The number of anilines is 1. The average molecular weight is 552 g/mol. The summed E-state index contributed by atoms with van der Waals surface area (Å²) in [6.45, 7) is 1.15. The Labute approximate surface area is 210 Å². The normalized spacial score (nSPS) is 12.2. The highest BCUT2D eigenvalue weighted by atomic mass is 32.2. The molecule has 1 amide bonds. The van der Waals surface area contributed by atoms with Gasteiger partial charge in [0.05, 0.1) is 16.3 Å². The molecule has 196 valence electrons. The number of nitrogens with zero attached hydrogens (tertiary/aromatic N) is 3. The summed E-state index contributed by atoms with van der Waals surface area (Å²) in [7, 11) is -8.95. The third-order valence-electron chi connectivity index (χ3n) is 5.29. The van der Waals surface area contributed by atoms with Crippen molar-refractivity contribution in [2.24, 2.45) is 16.0 Å². The first-order valence-electron chi connectivity index (χ1n) is 10.2. The highest BCUT2D eigenvalue weighted by Crippen LogP contribution is 2.29. The lowest BCUT2D eigenvalue weighted by atomic mass is 10.1. The quantitative estimate of drug-likeness (QED) is 0.154. The third kappa shape index (κ3) is 6.00. The first-order chi connectivity index (χ1) is 17.1. The van der Waals surface area contributed by atoms with Gasteiger partial charge in [-0.05, 0) is 49.2 Å². The Balaban J connectivity index is 2.02. The van der Waals surface area contributed by atoms with E-state index in [-0.39, 0.29) is 46.1 Å². The van der Waals surface area contributed by atoms with Crippen molar-refractivity contribution in [2.75, 3.05) is 5.73 Å². The number of aromatic hydroxyl groups is 1. The van der Waals surface area contributed by atoms with Crippen molar-refractivity contribution in [3.05, 3.63) is 69.5 Å². The Morgan fingerprint density at radius 3 is 2.14 bits per heavy atom. The summed E-state index contributed by atoms with van der Waals surface area (Å²) >= 11 is 0. The van der Waals surface area contributed by atoms with Crippen molar-refractivity contribution in [3.8, 4) is 5.88 Å². The van der Waals surface area contributed by atoms with Crippen LogP contribution < -0.4 is 17.0 Å². The molecule has 1 aromatic heterocycles. The number of aryl methyl sites for hydroxylation is 1. The van der Waals surface area contributed by atoms with Crippen LogP contribution in [0.25, 0.3) is 0 Å². The van der Waals surface area contributed by atoms with Crippen molar-refractivity contribution in [3.63, 3.8) is 0 Å². The molecule has 37 heavy (non-hydrogen) atoms. The third-order valence-corrected chi connectivity index (χ3v) is 7.08. The summed E-state index contributed by atoms with van der Waals surface area (Å²) in [5.74, 6) is -1.75. The maximum absolute atomic E-state index is 13.1. The molecule has 0 radical (unpaired) electrons. The highest BCUT2D eigenvalue weighted by Gasteiger charge is 2.23. The Morgan fingerprint density at radius 1 is 1.00 bits per heavy atom. The van der Waals surface area contributed by atoms with Crippen LogP contribution in [-0.2, 0) is 33.2 Å². The van der Waals surface area contributed by atoms with Crippen molar-refractivity contribution >= 4 is 43.2 Å². The molecule has 0 fully saturated rings. The minimum absolute atomic E-state index is 0.0166. The summed E-state index contributed by atoms with van der Waals surface area (Å²) in [5, 5.41) is 18.3. The number of azo groups is 1. The lowest BCUT2D eigenvalue weighted by molar-refractivity contribution is 0.0995. The van der Waals surface area contributed by atoms with E-state index in [0.717, 1.165) is 28.8 Å². The van der Waals surface area contributed by atoms with Gasteiger partial charge in [-0.15, -0.1) is 5.11 Å². The van der Waals surface area contributed by atoms with Gasteiger partial charge in [-0.3, -0.25) is 23.3 Å².